The molecule has 0 amide bonds. The van der Waals surface area contributed by atoms with E-state index in [2.05, 4.69) is 4.85 Å². The molecule has 0 aliphatic carbocycles. The fraction of sp³-hybridized carbons (Fsp3) is 0.111. The second-order valence-electron chi connectivity index (χ2n) is 5.43. The Morgan fingerprint density at radius 1 is 1.24 bits per heavy atom. The van der Waals surface area contributed by atoms with Gasteiger partial charge in [-0.25, -0.2) is 4.85 Å². The zero-order valence-electron chi connectivity index (χ0n) is 12.9. The third-order valence-corrected chi connectivity index (χ3v) is 5.13. The molecule has 0 radical (unpaired) electrons. The molecule has 2 N–H and O–H groups in total. The van der Waals surface area contributed by atoms with Crippen molar-refractivity contribution in [2.24, 2.45) is 0 Å². The number of nitrogens with two attached hydrogens (primary N) is 1. The fourth-order valence-corrected chi connectivity index (χ4v) is 3.87. The van der Waals surface area contributed by atoms with Gasteiger partial charge in [-0.3, -0.25) is 4.79 Å². The van der Waals surface area contributed by atoms with E-state index in [4.69, 9.17) is 12.3 Å². The van der Waals surface area contributed by atoms with Crippen LogP contribution >= 0.6 is 11.3 Å². The van der Waals surface area contributed by atoms with Crippen molar-refractivity contribution in [2.75, 3.05) is 5.73 Å². The van der Waals surface area contributed by atoms with Crippen molar-refractivity contribution in [1.29, 1.82) is 0 Å². The number of carbonyl (C=O) groups is 1. The average Bonchev–Trinajstić information content (AvgIpc) is 2.91. The number of Topliss-reactive ketones (excluding diaryl/α,β-unsaturated/α-hetero) is 1. The molecular weight excluding hydrogens is 349 g/mol. The highest BCUT2D eigenvalue weighted by Gasteiger charge is 2.35. The molecule has 0 fully saturated rings. The van der Waals surface area contributed by atoms with Crippen LogP contribution in [0.2, 0.25) is 0 Å². The maximum Gasteiger partial charge on any atom is 0.417 e. The first-order chi connectivity index (χ1) is 11.7. The summed E-state index contributed by atoms with van der Waals surface area (Å²) in [5.41, 5.74) is 6.35. The van der Waals surface area contributed by atoms with Crippen LogP contribution in [-0.2, 0) is 6.18 Å². The van der Waals surface area contributed by atoms with Crippen LogP contribution in [0, 0.1) is 6.57 Å². The van der Waals surface area contributed by atoms with Crippen molar-refractivity contribution in [3.63, 3.8) is 0 Å². The van der Waals surface area contributed by atoms with Crippen LogP contribution in [0.3, 0.4) is 0 Å². The minimum atomic E-state index is -4.58. The van der Waals surface area contributed by atoms with Crippen molar-refractivity contribution in [2.45, 2.75) is 13.1 Å². The molecule has 0 spiro atoms. The molecule has 2 aromatic carbocycles. The fourth-order valence-electron chi connectivity index (χ4n) is 2.69. The Kier molecular flexibility index (Phi) is 4.01. The van der Waals surface area contributed by atoms with Gasteiger partial charge >= 0.3 is 6.18 Å². The lowest BCUT2D eigenvalue weighted by Crippen LogP contribution is -2.06. The topological polar surface area (TPSA) is 47.5 Å². The number of ketones is 1. The number of hydrogen-bond acceptors (Lipinski definition) is 3. The van der Waals surface area contributed by atoms with Crippen LogP contribution in [0.25, 0.3) is 26.1 Å². The summed E-state index contributed by atoms with van der Waals surface area (Å²) in [6.45, 7) is 8.36. The van der Waals surface area contributed by atoms with E-state index in [-0.39, 0.29) is 21.7 Å². The average molecular weight is 360 g/mol. The first-order valence-electron chi connectivity index (χ1n) is 7.15. The van der Waals surface area contributed by atoms with Crippen molar-refractivity contribution in [3.05, 3.63) is 58.3 Å². The monoisotopic (exact) mass is 360 g/mol. The third kappa shape index (κ3) is 2.85. The highest BCUT2D eigenvalue weighted by atomic mass is 32.1. The summed E-state index contributed by atoms with van der Waals surface area (Å²) in [5.74, 6) is -0.382. The van der Waals surface area contributed by atoms with E-state index in [9.17, 15) is 18.0 Å². The van der Waals surface area contributed by atoms with Gasteiger partial charge in [0, 0.05) is 17.0 Å². The molecule has 0 aliphatic rings. The van der Waals surface area contributed by atoms with E-state index in [0.717, 1.165) is 17.4 Å². The molecule has 3 aromatic rings. The number of alkyl halides is 3. The number of thiophene rings is 1. The number of anilines is 1. The Balaban J connectivity index is 2.41. The summed E-state index contributed by atoms with van der Waals surface area (Å²) in [6, 6.07) is 8.90. The molecule has 126 valence electrons. The van der Waals surface area contributed by atoms with Gasteiger partial charge < -0.3 is 5.73 Å². The molecule has 3 nitrogen and oxygen atoms in total. The van der Waals surface area contributed by atoms with Gasteiger partial charge in [0.05, 0.1) is 22.7 Å². The van der Waals surface area contributed by atoms with Crippen LogP contribution in [0.4, 0.5) is 24.5 Å². The van der Waals surface area contributed by atoms with Crippen LogP contribution < -0.4 is 5.73 Å². The van der Waals surface area contributed by atoms with Gasteiger partial charge in [0.2, 0.25) is 0 Å². The van der Waals surface area contributed by atoms with Crippen molar-refractivity contribution in [1.82, 2.24) is 0 Å². The molecular formula is C18H11F3N2OS. The van der Waals surface area contributed by atoms with Gasteiger partial charge in [0.25, 0.3) is 0 Å². The first kappa shape index (κ1) is 17.0. The molecule has 7 heteroatoms. The number of nitrogen functional groups attached to an aromatic ring is 1. The quantitative estimate of drug-likeness (QED) is 0.455. The molecule has 0 bridgehead atoms. The maximum absolute atomic E-state index is 13.4. The number of halogens is 3. The predicted molar refractivity (Wildman–Crippen MR) is 92.9 cm³/mol. The number of benzene rings is 2. The van der Waals surface area contributed by atoms with Gasteiger partial charge in [0.1, 0.15) is 0 Å². The third-order valence-electron chi connectivity index (χ3n) is 3.79. The molecule has 1 aromatic heterocycles. The van der Waals surface area contributed by atoms with Gasteiger partial charge in [-0.1, -0.05) is 24.3 Å². The zero-order chi connectivity index (χ0) is 18.4. The minimum Gasteiger partial charge on any atom is -0.397 e. The second kappa shape index (κ2) is 5.90. The number of nitrogens with zero attached hydrogens (tertiary/aromatic N) is 1. The lowest BCUT2D eigenvalue weighted by atomic mass is 9.99. The van der Waals surface area contributed by atoms with Gasteiger partial charge in [-0.15, -0.1) is 11.3 Å². The highest BCUT2D eigenvalue weighted by Crippen LogP contribution is 2.46. The largest absolute Gasteiger partial charge is 0.417 e. The van der Waals surface area contributed by atoms with Gasteiger partial charge in [0.15, 0.2) is 11.5 Å². The van der Waals surface area contributed by atoms with Gasteiger partial charge in [-0.05, 0) is 23.3 Å². The summed E-state index contributed by atoms with van der Waals surface area (Å²) in [6.07, 6.45) is -4.58. The Bertz CT molecular complexity index is 1040. The Labute approximate surface area is 145 Å². The summed E-state index contributed by atoms with van der Waals surface area (Å²) < 4.78 is 40.4. The SMILES string of the molecule is [C-]#[N+]c1cccc(-c2ccc(C(F)(F)F)c3c(N)c(C(C)=O)sc23)c1. The van der Waals surface area contributed by atoms with Crippen LogP contribution in [-0.4, -0.2) is 5.78 Å². The normalized spacial score (nSPS) is 11.5. The molecule has 0 saturated heterocycles. The molecule has 0 saturated carbocycles. The predicted octanol–water partition coefficient (Wildman–Crippen LogP) is 5.92. The van der Waals surface area contributed by atoms with E-state index in [1.165, 1.54) is 13.0 Å². The van der Waals surface area contributed by atoms with Gasteiger partial charge in [-0.2, -0.15) is 13.2 Å². The van der Waals surface area contributed by atoms with E-state index in [1.54, 1.807) is 24.3 Å². The van der Waals surface area contributed by atoms with E-state index >= 15 is 0 Å². The summed E-state index contributed by atoms with van der Waals surface area (Å²) in [5, 5.41) is -0.159. The lowest BCUT2D eigenvalue weighted by Gasteiger charge is -2.12. The second-order valence-corrected chi connectivity index (χ2v) is 6.45. The number of fused-ring (bicyclic) bond motifs is 1. The Hall–Kier alpha value is -2.85. The van der Waals surface area contributed by atoms with E-state index in [0.29, 0.717) is 21.5 Å². The van der Waals surface area contributed by atoms with Crippen molar-refractivity contribution >= 4 is 38.6 Å². The number of carbonyl (C=O) groups excluding carboxylic acids is 1. The summed E-state index contributed by atoms with van der Waals surface area (Å²) >= 11 is 0.945. The Morgan fingerprint density at radius 2 is 1.96 bits per heavy atom. The zero-order valence-corrected chi connectivity index (χ0v) is 13.8. The molecule has 0 atom stereocenters. The molecule has 1 heterocycles. The van der Waals surface area contributed by atoms with E-state index in [1.807, 2.05) is 0 Å². The Morgan fingerprint density at radius 3 is 2.56 bits per heavy atom. The summed E-state index contributed by atoms with van der Waals surface area (Å²) in [7, 11) is 0. The van der Waals surface area contributed by atoms with Crippen molar-refractivity contribution in [3.8, 4) is 11.1 Å². The standard InChI is InChI=1S/C18H11F3N2OS/c1-9(24)16-15(22)14-13(18(19,20)21)7-6-12(17(14)25-16)10-4-3-5-11(8-10)23-2/h3-8H,22H2,1H3. The van der Waals surface area contributed by atoms with Crippen LogP contribution in [0.1, 0.15) is 22.2 Å². The summed E-state index contributed by atoms with van der Waals surface area (Å²) in [4.78, 5) is 15.2. The lowest BCUT2D eigenvalue weighted by molar-refractivity contribution is -0.136. The molecule has 3 rings (SSSR count). The number of rotatable bonds is 2. The molecule has 0 aliphatic heterocycles. The first-order valence-corrected chi connectivity index (χ1v) is 7.96. The molecule has 0 unspecified atom stereocenters. The maximum atomic E-state index is 13.4. The van der Waals surface area contributed by atoms with Crippen LogP contribution in [0.5, 0.6) is 0 Å². The minimum absolute atomic E-state index is 0.106. The van der Waals surface area contributed by atoms with Crippen LogP contribution in [0.15, 0.2) is 36.4 Å². The van der Waals surface area contributed by atoms with Crippen molar-refractivity contribution < 1.29 is 18.0 Å². The molecule has 25 heavy (non-hydrogen) atoms. The smallest absolute Gasteiger partial charge is 0.397 e. The van der Waals surface area contributed by atoms with E-state index < -0.39 is 11.7 Å². The highest BCUT2D eigenvalue weighted by molar-refractivity contribution is 7.22. The number of hydrogen-bond donors (Lipinski definition) is 1.